The van der Waals surface area contributed by atoms with Gasteiger partial charge in [0.25, 0.3) is 0 Å². The Hall–Kier alpha value is -3.35. The topological polar surface area (TPSA) is 84.6 Å². The number of aromatic hydroxyl groups is 2. The van der Waals surface area contributed by atoms with E-state index in [1.165, 1.54) is 30.1 Å². The standard InChI is InChI=1S/C19H17FN2O4/c1-26-19(25)7-6-12-10-13(18(24)11-17(12)23)15-8-9-21-22(15)16-5-3-2-4-14(16)20/h2-5,8-11,23-24H,6-7H2,1H3. The van der Waals surface area contributed by atoms with Gasteiger partial charge in [-0.3, -0.25) is 4.79 Å². The van der Waals surface area contributed by atoms with Crippen molar-refractivity contribution in [3.8, 4) is 28.4 Å². The molecule has 0 spiro atoms. The van der Waals surface area contributed by atoms with Gasteiger partial charge in [-0.25, -0.2) is 9.07 Å². The van der Waals surface area contributed by atoms with Crippen molar-refractivity contribution in [2.45, 2.75) is 12.8 Å². The summed E-state index contributed by atoms with van der Waals surface area (Å²) in [4.78, 5) is 11.3. The molecular weight excluding hydrogens is 339 g/mol. The van der Waals surface area contributed by atoms with E-state index in [4.69, 9.17) is 0 Å². The number of phenolic OH excluding ortho intramolecular Hbond substituents is 2. The van der Waals surface area contributed by atoms with Gasteiger partial charge in [-0.1, -0.05) is 12.1 Å². The lowest BCUT2D eigenvalue weighted by Crippen LogP contribution is -2.03. The second kappa shape index (κ2) is 7.26. The number of benzene rings is 2. The molecule has 3 rings (SSSR count). The van der Waals surface area contributed by atoms with Crippen LogP contribution in [0.3, 0.4) is 0 Å². The number of phenols is 2. The number of ether oxygens (including phenoxy) is 1. The number of nitrogens with zero attached hydrogens (tertiary/aromatic N) is 2. The minimum atomic E-state index is -0.457. The highest BCUT2D eigenvalue weighted by Gasteiger charge is 2.17. The van der Waals surface area contributed by atoms with Crippen LogP contribution in [0.1, 0.15) is 12.0 Å². The molecule has 0 bridgehead atoms. The Morgan fingerprint density at radius 3 is 2.69 bits per heavy atom. The molecule has 0 fully saturated rings. The van der Waals surface area contributed by atoms with E-state index < -0.39 is 11.8 Å². The number of methoxy groups -OCH3 is 1. The van der Waals surface area contributed by atoms with Crippen LogP contribution in [0.2, 0.25) is 0 Å². The first kappa shape index (κ1) is 17.5. The van der Waals surface area contributed by atoms with Gasteiger partial charge in [0.2, 0.25) is 0 Å². The Balaban J connectivity index is 2.04. The van der Waals surface area contributed by atoms with Gasteiger partial charge in [-0.2, -0.15) is 5.10 Å². The van der Waals surface area contributed by atoms with Gasteiger partial charge in [0.05, 0.1) is 19.0 Å². The minimum absolute atomic E-state index is 0.0842. The maximum absolute atomic E-state index is 14.1. The van der Waals surface area contributed by atoms with Crippen LogP contribution in [0.5, 0.6) is 11.5 Å². The van der Waals surface area contributed by atoms with E-state index in [1.54, 1.807) is 30.3 Å². The molecule has 7 heteroatoms. The summed E-state index contributed by atoms with van der Waals surface area (Å²) < 4.78 is 20.1. The van der Waals surface area contributed by atoms with Crippen LogP contribution in [0.4, 0.5) is 4.39 Å². The van der Waals surface area contributed by atoms with Gasteiger partial charge in [0, 0.05) is 18.1 Å². The quantitative estimate of drug-likeness (QED) is 0.686. The fourth-order valence-electron chi connectivity index (χ4n) is 2.69. The van der Waals surface area contributed by atoms with Crippen LogP contribution in [0.15, 0.2) is 48.7 Å². The van der Waals surface area contributed by atoms with Crippen molar-refractivity contribution >= 4 is 5.97 Å². The van der Waals surface area contributed by atoms with E-state index in [0.717, 1.165) is 0 Å². The minimum Gasteiger partial charge on any atom is -0.508 e. The number of carbonyl (C=O) groups excluding carboxylic acids is 1. The summed E-state index contributed by atoms with van der Waals surface area (Å²) in [6.45, 7) is 0. The van der Waals surface area contributed by atoms with E-state index in [9.17, 15) is 19.4 Å². The monoisotopic (exact) mass is 356 g/mol. The highest BCUT2D eigenvalue weighted by Crippen LogP contribution is 2.36. The highest BCUT2D eigenvalue weighted by molar-refractivity contribution is 5.73. The van der Waals surface area contributed by atoms with Crippen LogP contribution in [-0.4, -0.2) is 33.1 Å². The number of hydrogen-bond acceptors (Lipinski definition) is 5. The molecule has 134 valence electrons. The lowest BCUT2D eigenvalue weighted by atomic mass is 10.0. The van der Waals surface area contributed by atoms with Gasteiger partial charge in [-0.15, -0.1) is 0 Å². The molecule has 1 aromatic heterocycles. The van der Waals surface area contributed by atoms with Crippen LogP contribution < -0.4 is 0 Å². The molecule has 6 nitrogen and oxygen atoms in total. The van der Waals surface area contributed by atoms with Crippen molar-refractivity contribution in [1.29, 1.82) is 0 Å². The average Bonchev–Trinajstić information content (AvgIpc) is 3.10. The van der Waals surface area contributed by atoms with E-state index in [-0.39, 0.29) is 30.0 Å². The second-order valence-electron chi connectivity index (χ2n) is 5.65. The molecule has 0 aliphatic rings. The third kappa shape index (κ3) is 3.37. The number of rotatable bonds is 5. The van der Waals surface area contributed by atoms with Crippen molar-refractivity contribution in [3.05, 3.63) is 60.0 Å². The third-order valence-corrected chi connectivity index (χ3v) is 4.02. The molecule has 1 heterocycles. The first-order valence-corrected chi connectivity index (χ1v) is 7.92. The second-order valence-corrected chi connectivity index (χ2v) is 5.65. The van der Waals surface area contributed by atoms with E-state index >= 15 is 0 Å². The van der Waals surface area contributed by atoms with E-state index in [0.29, 0.717) is 16.8 Å². The third-order valence-electron chi connectivity index (χ3n) is 4.02. The van der Waals surface area contributed by atoms with Crippen molar-refractivity contribution in [1.82, 2.24) is 9.78 Å². The summed E-state index contributed by atoms with van der Waals surface area (Å²) in [5.41, 5.74) is 1.51. The maximum atomic E-state index is 14.1. The summed E-state index contributed by atoms with van der Waals surface area (Å²) in [5, 5.41) is 24.4. The summed E-state index contributed by atoms with van der Waals surface area (Å²) in [6, 6.07) is 10.5. The summed E-state index contributed by atoms with van der Waals surface area (Å²) in [5.74, 6) is -1.17. The van der Waals surface area contributed by atoms with Gasteiger partial charge in [0.1, 0.15) is 23.0 Å². The Kier molecular flexibility index (Phi) is 4.88. The fraction of sp³-hybridized carbons (Fsp3) is 0.158. The molecule has 2 N–H and O–H groups in total. The van der Waals surface area contributed by atoms with Gasteiger partial charge >= 0.3 is 5.97 Å². The van der Waals surface area contributed by atoms with Crippen LogP contribution >= 0.6 is 0 Å². The number of carbonyl (C=O) groups is 1. The first-order chi connectivity index (χ1) is 12.5. The van der Waals surface area contributed by atoms with E-state index in [1.807, 2.05) is 0 Å². The van der Waals surface area contributed by atoms with Crippen molar-refractivity contribution in [2.24, 2.45) is 0 Å². The average molecular weight is 356 g/mol. The van der Waals surface area contributed by atoms with Crippen molar-refractivity contribution in [2.75, 3.05) is 7.11 Å². The number of esters is 1. The number of hydrogen-bond donors (Lipinski definition) is 2. The first-order valence-electron chi connectivity index (χ1n) is 7.92. The Labute approximate surface area is 149 Å². The molecule has 0 aliphatic heterocycles. The molecule has 0 radical (unpaired) electrons. The van der Waals surface area contributed by atoms with Crippen LogP contribution in [-0.2, 0) is 16.0 Å². The van der Waals surface area contributed by atoms with Crippen molar-refractivity contribution in [3.63, 3.8) is 0 Å². The molecule has 0 saturated heterocycles. The lowest BCUT2D eigenvalue weighted by Gasteiger charge is -2.12. The van der Waals surface area contributed by atoms with Gasteiger partial charge < -0.3 is 14.9 Å². The number of aryl methyl sites for hydroxylation is 1. The fourth-order valence-corrected chi connectivity index (χ4v) is 2.69. The zero-order valence-electron chi connectivity index (χ0n) is 14.0. The zero-order chi connectivity index (χ0) is 18.7. The molecule has 3 aromatic rings. The smallest absolute Gasteiger partial charge is 0.305 e. The SMILES string of the molecule is COC(=O)CCc1cc(-c2ccnn2-c2ccccc2F)c(O)cc1O. The largest absolute Gasteiger partial charge is 0.508 e. The maximum Gasteiger partial charge on any atom is 0.305 e. The predicted molar refractivity (Wildman–Crippen MR) is 92.6 cm³/mol. The Bertz CT molecular complexity index is 952. The number of halogens is 1. The summed E-state index contributed by atoms with van der Waals surface area (Å²) in [7, 11) is 1.29. The number of para-hydroxylation sites is 1. The normalized spacial score (nSPS) is 10.7. The van der Waals surface area contributed by atoms with Crippen molar-refractivity contribution < 1.29 is 24.1 Å². The lowest BCUT2D eigenvalue weighted by molar-refractivity contribution is -0.140. The summed E-state index contributed by atoms with van der Waals surface area (Å²) >= 11 is 0. The Morgan fingerprint density at radius 2 is 1.96 bits per heavy atom. The highest BCUT2D eigenvalue weighted by atomic mass is 19.1. The molecule has 0 aliphatic carbocycles. The van der Waals surface area contributed by atoms with Gasteiger partial charge in [-0.05, 0) is 36.2 Å². The Morgan fingerprint density at radius 1 is 1.19 bits per heavy atom. The molecule has 2 aromatic carbocycles. The molecule has 0 saturated carbocycles. The molecule has 0 amide bonds. The zero-order valence-corrected chi connectivity index (χ0v) is 14.0. The molecule has 0 unspecified atom stereocenters. The molecule has 0 atom stereocenters. The van der Waals surface area contributed by atoms with Crippen LogP contribution in [0, 0.1) is 5.82 Å². The number of aromatic nitrogens is 2. The molecule has 26 heavy (non-hydrogen) atoms. The molecular formula is C19H17FN2O4. The predicted octanol–water partition coefficient (Wildman–Crippen LogP) is 3.20. The van der Waals surface area contributed by atoms with Crippen LogP contribution in [0.25, 0.3) is 16.9 Å². The van der Waals surface area contributed by atoms with E-state index in [2.05, 4.69) is 9.84 Å². The summed E-state index contributed by atoms with van der Waals surface area (Å²) in [6.07, 6.45) is 1.81. The van der Waals surface area contributed by atoms with Gasteiger partial charge in [0.15, 0.2) is 0 Å².